The molecule has 0 amide bonds. The Kier molecular flexibility index (Phi) is 5.23. The molecule has 28 heavy (non-hydrogen) atoms. The second-order valence-electron chi connectivity index (χ2n) is 7.53. The van der Waals surface area contributed by atoms with E-state index in [1.165, 1.54) is 17.5 Å². The van der Waals surface area contributed by atoms with E-state index in [0.29, 0.717) is 0 Å². The second-order valence-corrected chi connectivity index (χ2v) is 7.94. The van der Waals surface area contributed by atoms with Crippen molar-refractivity contribution in [2.75, 3.05) is 24.3 Å². The van der Waals surface area contributed by atoms with Crippen LogP contribution < -0.4 is 10.2 Å². The molecule has 0 unspecified atom stereocenters. The lowest BCUT2D eigenvalue weighted by molar-refractivity contribution is 0.598. The molecular formula is C23H25ClN4. The molecule has 0 fully saturated rings. The normalized spacial score (nSPS) is 15.8. The molecule has 3 aromatic rings. The number of anilines is 2. The molecule has 5 heteroatoms. The maximum atomic E-state index is 6.33. The van der Waals surface area contributed by atoms with E-state index in [2.05, 4.69) is 45.6 Å². The highest BCUT2D eigenvalue weighted by atomic mass is 35.5. The SMILES string of the molecule is Cc1nc(N[C@@H]2CCCc3ccccc32)cc(-c2ccc(Cl)c(N(C)C)c2)n1. The summed E-state index contributed by atoms with van der Waals surface area (Å²) in [6.45, 7) is 1.94. The van der Waals surface area contributed by atoms with Gasteiger partial charge in [0.1, 0.15) is 11.6 Å². The first-order chi connectivity index (χ1) is 13.5. The van der Waals surface area contributed by atoms with Gasteiger partial charge in [0.15, 0.2) is 0 Å². The van der Waals surface area contributed by atoms with Crippen LogP contribution in [0.2, 0.25) is 5.02 Å². The predicted octanol–water partition coefficient (Wildman–Crippen LogP) is 5.66. The van der Waals surface area contributed by atoms with E-state index in [0.717, 1.165) is 46.5 Å². The summed E-state index contributed by atoms with van der Waals surface area (Å²) in [6.07, 6.45) is 3.45. The molecule has 144 valence electrons. The first-order valence-electron chi connectivity index (χ1n) is 9.68. The third-order valence-electron chi connectivity index (χ3n) is 5.25. The van der Waals surface area contributed by atoms with Crippen LogP contribution in [0.4, 0.5) is 11.5 Å². The van der Waals surface area contributed by atoms with Gasteiger partial charge in [0.25, 0.3) is 0 Å². The van der Waals surface area contributed by atoms with Gasteiger partial charge in [-0.2, -0.15) is 0 Å². The summed E-state index contributed by atoms with van der Waals surface area (Å²) in [4.78, 5) is 11.3. The van der Waals surface area contributed by atoms with Gasteiger partial charge in [0.05, 0.1) is 22.4 Å². The van der Waals surface area contributed by atoms with Crippen molar-refractivity contribution < 1.29 is 0 Å². The molecule has 1 aliphatic rings. The standard InChI is InChI=1S/C23H25ClN4/c1-15-25-21(17-11-12-19(24)22(13-17)28(2)3)14-23(26-15)27-20-10-6-8-16-7-4-5-9-18(16)20/h4-5,7,9,11-14,20H,6,8,10H2,1-3H3,(H,25,26,27)/t20-/m1/s1. The Hall–Kier alpha value is -2.59. The lowest BCUT2D eigenvalue weighted by atomic mass is 9.88. The van der Waals surface area contributed by atoms with Gasteiger partial charge in [-0.1, -0.05) is 41.9 Å². The number of aromatic nitrogens is 2. The van der Waals surface area contributed by atoms with E-state index in [1.807, 2.05) is 44.1 Å². The number of nitrogens with one attached hydrogen (secondary N) is 1. The van der Waals surface area contributed by atoms with Crippen LogP contribution in [0.3, 0.4) is 0 Å². The number of benzene rings is 2. The molecule has 0 aliphatic heterocycles. The number of hydrogen-bond acceptors (Lipinski definition) is 4. The highest BCUT2D eigenvalue weighted by molar-refractivity contribution is 6.33. The molecule has 0 radical (unpaired) electrons. The zero-order chi connectivity index (χ0) is 19.7. The average Bonchev–Trinajstić information content (AvgIpc) is 2.68. The Balaban J connectivity index is 1.67. The fourth-order valence-corrected chi connectivity index (χ4v) is 4.17. The molecule has 0 saturated carbocycles. The molecule has 0 spiro atoms. The summed E-state index contributed by atoms with van der Waals surface area (Å²) < 4.78 is 0. The number of halogens is 1. The van der Waals surface area contributed by atoms with Crippen molar-refractivity contribution in [2.24, 2.45) is 0 Å². The van der Waals surface area contributed by atoms with E-state index >= 15 is 0 Å². The minimum absolute atomic E-state index is 0.287. The summed E-state index contributed by atoms with van der Waals surface area (Å²) in [5.41, 5.74) is 5.73. The van der Waals surface area contributed by atoms with Gasteiger partial charge in [-0.05, 0) is 49.4 Å². The van der Waals surface area contributed by atoms with E-state index in [1.54, 1.807) is 0 Å². The minimum atomic E-state index is 0.287. The summed E-state index contributed by atoms with van der Waals surface area (Å²) in [5.74, 6) is 1.62. The molecule has 1 atom stereocenters. The van der Waals surface area contributed by atoms with Crippen LogP contribution >= 0.6 is 11.6 Å². The number of nitrogens with zero attached hydrogens (tertiary/aromatic N) is 3. The van der Waals surface area contributed by atoms with Gasteiger partial charge < -0.3 is 10.2 Å². The van der Waals surface area contributed by atoms with Crippen LogP contribution in [-0.2, 0) is 6.42 Å². The average molecular weight is 393 g/mol. The molecule has 1 heterocycles. The topological polar surface area (TPSA) is 41.1 Å². The van der Waals surface area contributed by atoms with Crippen LogP contribution in [0.15, 0.2) is 48.5 Å². The monoisotopic (exact) mass is 392 g/mol. The van der Waals surface area contributed by atoms with Crippen molar-refractivity contribution in [1.82, 2.24) is 9.97 Å². The van der Waals surface area contributed by atoms with Crippen LogP contribution in [0.5, 0.6) is 0 Å². The Bertz CT molecular complexity index is 1000. The third kappa shape index (κ3) is 3.83. The quantitative estimate of drug-likeness (QED) is 0.621. The van der Waals surface area contributed by atoms with Crippen molar-refractivity contribution in [3.8, 4) is 11.3 Å². The maximum Gasteiger partial charge on any atom is 0.130 e. The van der Waals surface area contributed by atoms with Crippen molar-refractivity contribution >= 4 is 23.1 Å². The van der Waals surface area contributed by atoms with Gasteiger partial charge >= 0.3 is 0 Å². The molecule has 1 aromatic heterocycles. The van der Waals surface area contributed by atoms with Crippen LogP contribution in [0, 0.1) is 6.92 Å². The molecule has 0 bridgehead atoms. The number of fused-ring (bicyclic) bond motifs is 1. The van der Waals surface area contributed by atoms with E-state index in [4.69, 9.17) is 11.6 Å². The van der Waals surface area contributed by atoms with Crippen LogP contribution in [-0.4, -0.2) is 24.1 Å². The van der Waals surface area contributed by atoms with Gasteiger partial charge in [-0.15, -0.1) is 0 Å². The van der Waals surface area contributed by atoms with Crippen LogP contribution in [0.1, 0.15) is 35.8 Å². The second kappa shape index (κ2) is 7.80. The van der Waals surface area contributed by atoms with Gasteiger partial charge in [-0.25, -0.2) is 9.97 Å². The number of hydrogen-bond donors (Lipinski definition) is 1. The number of aryl methyl sites for hydroxylation is 2. The highest BCUT2D eigenvalue weighted by Gasteiger charge is 2.20. The Labute approximate surface area is 171 Å². The van der Waals surface area contributed by atoms with Gasteiger partial charge in [-0.3, -0.25) is 0 Å². The Morgan fingerprint density at radius 3 is 2.71 bits per heavy atom. The molecule has 4 nitrogen and oxygen atoms in total. The molecule has 2 aromatic carbocycles. The fraction of sp³-hybridized carbons (Fsp3) is 0.304. The third-order valence-corrected chi connectivity index (χ3v) is 5.57. The van der Waals surface area contributed by atoms with Crippen molar-refractivity contribution in [3.05, 3.63) is 70.5 Å². The van der Waals surface area contributed by atoms with Gasteiger partial charge in [0, 0.05) is 25.7 Å². The fourth-order valence-electron chi connectivity index (χ4n) is 3.89. The molecular weight excluding hydrogens is 368 g/mol. The summed E-state index contributed by atoms with van der Waals surface area (Å²) in [7, 11) is 3.98. The first kappa shape index (κ1) is 18.8. The van der Waals surface area contributed by atoms with Crippen molar-refractivity contribution in [1.29, 1.82) is 0 Å². The Morgan fingerprint density at radius 1 is 1.07 bits per heavy atom. The van der Waals surface area contributed by atoms with E-state index in [9.17, 15) is 0 Å². The molecule has 1 N–H and O–H groups in total. The molecule has 1 aliphatic carbocycles. The lowest BCUT2D eigenvalue weighted by Gasteiger charge is -2.27. The van der Waals surface area contributed by atoms with Gasteiger partial charge in [0.2, 0.25) is 0 Å². The maximum absolute atomic E-state index is 6.33. The van der Waals surface area contributed by atoms with Crippen molar-refractivity contribution in [3.63, 3.8) is 0 Å². The van der Waals surface area contributed by atoms with Crippen molar-refractivity contribution in [2.45, 2.75) is 32.2 Å². The Morgan fingerprint density at radius 2 is 1.89 bits per heavy atom. The summed E-state index contributed by atoms with van der Waals surface area (Å²) in [6, 6.07) is 17.0. The minimum Gasteiger partial charge on any atom is -0.376 e. The summed E-state index contributed by atoms with van der Waals surface area (Å²) in [5, 5.41) is 4.38. The largest absolute Gasteiger partial charge is 0.376 e. The van der Waals surface area contributed by atoms with E-state index < -0.39 is 0 Å². The summed E-state index contributed by atoms with van der Waals surface area (Å²) >= 11 is 6.33. The lowest BCUT2D eigenvalue weighted by Crippen LogP contribution is -2.18. The zero-order valence-electron chi connectivity index (χ0n) is 16.5. The first-order valence-corrected chi connectivity index (χ1v) is 10.1. The van der Waals surface area contributed by atoms with E-state index in [-0.39, 0.29) is 6.04 Å². The zero-order valence-corrected chi connectivity index (χ0v) is 17.3. The molecule has 0 saturated heterocycles. The predicted molar refractivity (Wildman–Crippen MR) is 117 cm³/mol. The molecule has 4 rings (SSSR count). The van der Waals surface area contributed by atoms with Crippen LogP contribution in [0.25, 0.3) is 11.3 Å². The smallest absolute Gasteiger partial charge is 0.130 e. The number of rotatable bonds is 4. The highest BCUT2D eigenvalue weighted by Crippen LogP contribution is 2.34.